The highest BCUT2D eigenvalue weighted by atomic mass is 32.2. The van der Waals surface area contributed by atoms with Gasteiger partial charge in [0.2, 0.25) is 5.91 Å². The van der Waals surface area contributed by atoms with Crippen LogP contribution in [0.25, 0.3) is 0 Å². The lowest BCUT2D eigenvalue weighted by Gasteiger charge is -2.26. The summed E-state index contributed by atoms with van der Waals surface area (Å²) < 4.78 is 0. The van der Waals surface area contributed by atoms with Gasteiger partial charge in [-0.05, 0) is 25.7 Å². The smallest absolute Gasteiger partial charge is 0.221 e. The molecule has 0 heterocycles. The molecule has 0 saturated heterocycles. The Hall–Kier alpha value is -0.960. The lowest BCUT2D eigenvalue weighted by Crippen LogP contribution is -2.41. The summed E-state index contributed by atoms with van der Waals surface area (Å²) in [4.78, 5) is 11.7. The summed E-state index contributed by atoms with van der Waals surface area (Å²) in [6.07, 6.45) is 2.59. The van der Waals surface area contributed by atoms with Crippen LogP contribution in [0.5, 0.6) is 0 Å². The van der Waals surface area contributed by atoms with E-state index in [1.807, 2.05) is 50.4 Å². The van der Waals surface area contributed by atoms with E-state index in [0.717, 1.165) is 11.3 Å². The first kappa shape index (κ1) is 13.1. The summed E-state index contributed by atoms with van der Waals surface area (Å²) in [5.74, 6) is 0.986. The van der Waals surface area contributed by atoms with E-state index in [2.05, 4.69) is 5.32 Å². The summed E-state index contributed by atoms with van der Waals surface area (Å²) in [6, 6.07) is 10.0. The normalized spacial score (nSPS) is 11.2. The zero-order valence-electron chi connectivity index (χ0n) is 10.1. The number of thioether (sulfide) groups is 1. The van der Waals surface area contributed by atoms with Crippen molar-refractivity contribution in [2.45, 2.75) is 25.8 Å². The minimum atomic E-state index is -0.295. The molecule has 0 aliphatic rings. The minimum absolute atomic E-state index is 0.114. The van der Waals surface area contributed by atoms with E-state index in [0.29, 0.717) is 6.42 Å². The van der Waals surface area contributed by atoms with E-state index < -0.39 is 0 Å². The molecule has 0 spiro atoms. The highest BCUT2D eigenvalue weighted by molar-refractivity contribution is 7.98. The molecule has 0 bridgehead atoms. The van der Waals surface area contributed by atoms with E-state index in [4.69, 9.17) is 0 Å². The van der Waals surface area contributed by atoms with Crippen LogP contribution in [0.3, 0.4) is 0 Å². The fraction of sp³-hybridized carbons (Fsp3) is 0.462. The summed E-state index contributed by atoms with van der Waals surface area (Å²) >= 11 is 1.69. The molecule has 3 heteroatoms. The van der Waals surface area contributed by atoms with Crippen LogP contribution < -0.4 is 5.32 Å². The lowest BCUT2D eigenvalue weighted by atomic mass is 9.94. The van der Waals surface area contributed by atoms with Crippen molar-refractivity contribution in [2.75, 3.05) is 12.0 Å². The van der Waals surface area contributed by atoms with Gasteiger partial charge in [-0.15, -0.1) is 0 Å². The number of carbonyl (C=O) groups is 1. The van der Waals surface area contributed by atoms with Gasteiger partial charge < -0.3 is 5.32 Å². The summed E-state index contributed by atoms with van der Waals surface area (Å²) in [6.45, 7) is 4.05. The van der Waals surface area contributed by atoms with Crippen molar-refractivity contribution in [1.29, 1.82) is 0 Å². The molecule has 1 aromatic rings. The molecule has 16 heavy (non-hydrogen) atoms. The van der Waals surface area contributed by atoms with Gasteiger partial charge in [0.15, 0.2) is 0 Å². The van der Waals surface area contributed by atoms with Crippen molar-refractivity contribution in [3.8, 4) is 0 Å². The largest absolute Gasteiger partial charge is 0.347 e. The number of rotatable bonds is 5. The monoisotopic (exact) mass is 237 g/mol. The molecular weight excluding hydrogens is 218 g/mol. The standard InChI is InChI=1S/C13H19NOS/c1-13(2,11-7-5-4-6-8-11)14-12(15)9-10-16-3/h4-8H,9-10H2,1-3H3,(H,14,15). The zero-order valence-corrected chi connectivity index (χ0v) is 10.9. The molecule has 0 atom stereocenters. The third kappa shape index (κ3) is 3.89. The average Bonchev–Trinajstić information content (AvgIpc) is 2.27. The SMILES string of the molecule is CSCCC(=O)NC(C)(C)c1ccccc1. The Labute approximate surface area is 102 Å². The second-order valence-corrected chi connectivity index (χ2v) is 5.27. The quantitative estimate of drug-likeness (QED) is 0.853. The van der Waals surface area contributed by atoms with Crippen LogP contribution in [-0.4, -0.2) is 17.9 Å². The van der Waals surface area contributed by atoms with Gasteiger partial charge in [-0.25, -0.2) is 0 Å². The van der Waals surface area contributed by atoms with Gasteiger partial charge in [-0.3, -0.25) is 4.79 Å². The fourth-order valence-electron chi connectivity index (χ4n) is 1.53. The highest BCUT2D eigenvalue weighted by Crippen LogP contribution is 2.19. The van der Waals surface area contributed by atoms with E-state index in [9.17, 15) is 4.79 Å². The first-order chi connectivity index (χ1) is 7.56. The Kier molecular flexibility index (Phi) is 4.87. The van der Waals surface area contributed by atoms with Gasteiger partial charge in [-0.2, -0.15) is 11.8 Å². The number of amides is 1. The minimum Gasteiger partial charge on any atom is -0.347 e. The van der Waals surface area contributed by atoms with Gasteiger partial charge in [0.25, 0.3) is 0 Å². The van der Waals surface area contributed by atoms with Crippen molar-refractivity contribution < 1.29 is 4.79 Å². The Morgan fingerprint density at radius 3 is 2.50 bits per heavy atom. The summed E-state index contributed by atoms with van der Waals surface area (Å²) in [5, 5.41) is 3.06. The third-order valence-electron chi connectivity index (χ3n) is 2.48. The summed E-state index contributed by atoms with van der Waals surface area (Å²) in [7, 11) is 0. The molecule has 0 aliphatic heterocycles. The average molecular weight is 237 g/mol. The predicted molar refractivity (Wildman–Crippen MR) is 70.6 cm³/mol. The lowest BCUT2D eigenvalue weighted by molar-refractivity contribution is -0.122. The van der Waals surface area contributed by atoms with Gasteiger partial charge >= 0.3 is 0 Å². The molecule has 0 aliphatic carbocycles. The molecule has 88 valence electrons. The first-order valence-corrected chi connectivity index (χ1v) is 6.81. The Morgan fingerprint density at radius 2 is 1.94 bits per heavy atom. The first-order valence-electron chi connectivity index (χ1n) is 5.42. The van der Waals surface area contributed by atoms with Crippen molar-refractivity contribution in [3.63, 3.8) is 0 Å². The van der Waals surface area contributed by atoms with Crippen LogP contribution >= 0.6 is 11.8 Å². The molecule has 1 N–H and O–H groups in total. The van der Waals surface area contributed by atoms with Crippen LogP contribution in [0.4, 0.5) is 0 Å². The number of hydrogen-bond acceptors (Lipinski definition) is 2. The van der Waals surface area contributed by atoms with Crippen LogP contribution in [0.2, 0.25) is 0 Å². The van der Waals surface area contributed by atoms with Crippen LogP contribution in [0.1, 0.15) is 25.8 Å². The van der Waals surface area contributed by atoms with Crippen molar-refractivity contribution >= 4 is 17.7 Å². The summed E-state index contributed by atoms with van der Waals surface area (Å²) in [5.41, 5.74) is 0.837. The predicted octanol–water partition coefficient (Wildman–Crippen LogP) is 2.79. The van der Waals surface area contributed by atoms with Crippen molar-refractivity contribution in [3.05, 3.63) is 35.9 Å². The molecule has 2 nitrogen and oxygen atoms in total. The molecule has 1 rings (SSSR count). The van der Waals surface area contributed by atoms with Gasteiger partial charge in [0, 0.05) is 12.2 Å². The molecule has 0 fully saturated rings. The zero-order chi connectivity index (χ0) is 12.0. The maximum absolute atomic E-state index is 11.7. The number of benzene rings is 1. The van der Waals surface area contributed by atoms with Crippen LogP contribution in [-0.2, 0) is 10.3 Å². The van der Waals surface area contributed by atoms with E-state index >= 15 is 0 Å². The molecule has 0 saturated carbocycles. The van der Waals surface area contributed by atoms with Crippen LogP contribution in [0.15, 0.2) is 30.3 Å². The Morgan fingerprint density at radius 1 is 1.31 bits per heavy atom. The van der Waals surface area contributed by atoms with E-state index in [1.54, 1.807) is 11.8 Å². The Bertz CT molecular complexity index is 335. The van der Waals surface area contributed by atoms with Crippen LogP contribution in [0, 0.1) is 0 Å². The fourth-order valence-corrected chi connectivity index (χ4v) is 1.92. The van der Waals surface area contributed by atoms with Crippen molar-refractivity contribution in [2.24, 2.45) is 0 Å². The second-order valence-electron chi connectivity index (χ2n) is 4.28. The number of carbonyl (C=O) groups excluding carboxylic acids is 1. The van der Waals surface area contributed by atoms with E-state index in [1.165, 1.54) is 0 Å². The third-order valence-corrected chi connectivity index (χ3v) is 3.09. The van der Waals surface area contributed by atoms with Gasteiger partial charge in [-0.1, -0.05) is 30.3 Å². The topological polar surface area (TPSA) is 29.1 Å². The Balaban J connectivity index is 2.61. The number of nitrogens with one attached hydrogen (secondary N) is 1. The molecule has 1 amide bonds. The molecule has 0 aromatic heterocycles. The van der Waals surface area contributed by atoms with Crippen molar-refractivity contribution in [1.82, 2.24) is 5.32 Å². The second kappa shape index (κ2) is 5.94. The molecule has 0 radical (unpaired) electrons. The van der Waals surface area contributed by atoms with Gasteiger partial charge in [0.1, 0.15) is 0 Å². The maximum atomic E-state index is 11.7. The molecule has 1 aromatic carbocycles. The maximum Gasteiger partial charge on any atom is 0.221 e. The molecular formula is C13H19NOS. The molecule has 0 unspecified atom stereocenters. The van der Waals surface area contributed by atoms with Gasteiger partial charge in [0.05, 0.1) is 5.54 Å². The van der Waals surface area contributed by atoms with E-state index in [-0.39, 0.29) is 11.4 Å². The number of hydrogen-bond donors (Lipinski definition) is 1. The highest BCUT2D eigenvalue weighted by Gasteiger charge is 2.21.